The van der Waals surface area contributed by atoms with Crippen LogP contribution >= 0.6 is 0 Å². The van der Waals surface area contributed by atoms with E-state index in [-0.39, 0.29) is 5.91 Å². The Bertz CT molecular complexity index is 876. The summed E-state index contributed by atoms with van der Waals surface area (Å²) in [6, 6.07) is 14.2. The van der Waals surface area contributed by atoms with Crippen molar-refractivity contribution < 1.29 is 4.79 Å². The van der Waals surface area contributed by atoms with Crippen molar-refractivity contribution in [2.24, 2.45) is 11.8 Å². The molecule has 1 N–H and O–H groups in total. The second-order valence-electron chi connectivity index (χ2n) is 9.32. The highest BCUT2D eigenvalue weighted by atomic mass is 16.1. The van der Waals surface area contributed by atoms with E-state index in [0.29, 0.717) is 11.8 Å². The van der Waals surface area contributed by atoms with Gasteiger partial charge in [-0.25, -0.2) is 0 Å². The first-order valence-electron chi connectivity index (χ1n) is 11.1. The summed E-state index contributed by atoms with van der Waals surface area (Å²) < 4.78 is 0. The molecule has 0 radical (unpaired) electrons. The number of amides is 1. The second kappa shape index (κ2) is 6.37. The highest BCUT2D eigenvalue weighted by molar-refractivity contribution is 6.04. The lowest BCUT2D eigenvalue weighted by Crippen LogP contribution is -2.43. The van der Waals surface area contributed by atoms with Crippen LogP contribution in [-0.4, -0.2) is 19.0 Å². The molecular weight excluding hydrogens is 344 g/mol. The molecule has 6 rings (SSSR count). The third kappa shape index (κ3) is 2.52. The molecule has 4 atom stereocenters. The van der Waals surface area contributed by atoms with E-state index in [2.05, 4.69) is 22.3 Å². The predicted octanol–water partition coefficient (Wildman–Crippen LogP) is 5.54. The van der Waals surface area contributed by atoms with Crippen LogP contribution in [0.3, 0.4) is 0 Å². The molecule has 3 nitrogen and oxygen atoms in total. The summed E-state index contributed by atoms with van der Waals surface area (Å²) in [7, 11) is 0. The van der Waals surface area contributed by atoms with E-state index in [1.54, 1.807) is 5.69 Å². The Morgan fingerprint density at radius 2 is 1.46 bits per heavy atom. The molecule has 144 valence electrons. The van der Waals surface area contributed by atoms with Crippen molar-refractivity contribution in [3.63, 3.8) is 0 Å². The molecule has 2 heterocycles. The predicted molar refractivity (Wildman–Crippen MR) is 113 cm³/mol. The third-order valence-corrected chi connectivity index (χ3v) is 7.81. The SMILES string of the molecule is O=C(Nc1cc2c3c(c1)[C@H]1CCC[C@H]1CN3C[C@H]1CCC[C@H]21)c1ccccc1. The average molecular weight is 373 g/mol. The molecule has 28 heavy (non-hydrogen) atoms. The average Bonchev–Trinajstić information content (AvgIpc) is 3.38. The standard InChI is InChI=1S/C25H28N2O/c28-25(16-6-2-1-3-7-16)26-19-12-22-20-10-4-8-17(20)14-27-15-18-9-5-11-21(18)23(13-19)24(22)27/h1-3,6-7,12-13,17-18,20-21H,4-5,8-11,14-15H2,(H,26,28)/t17-,18+,20-,21-/m0/s1. The lowest BCUT2D eigenvalue weighted by Gasteiger charge is -2.46. The summed E-state index contributed by atoms with van der Waals surface area (Å²) in [6.45, 7) is 2.51. The number of carbonyl (C=O) groups excluding carboxylic acids is 1. The first-order chi connectivity index (χ1) is 13.8. The highest BCUT2D eigenvalue weighted by Crippen LogP contribution is 2.56. The van der Waals surface area contributed by atoms with Crippen LogP contribution in [0.25, 0.3) is 0 Å². The van der Waals surface area contributed by atoms with E-state index in [0.717, 1.165) is 23.1 Å². The number of nitrogens with zero attached hydrogens (tertiary/aromatic N) is 1. The van der Waals surface area contributed by atoms with E-state index in [4.69, 9.17) is 0 Å². The molecule has 0 saturated heterocycles. The van der Waals surface area contributed by atoms with Crippen LogP contribution in [0.1, 0.15) is 71.8 Å². The third-order valence-electron chi connectivity index (χ3n) is 7.81. The summed E-state index contributed by atoms with van der Waals surface area (Å²) >= 11 is 0. The number of benzene rings is 2. The quantitative estimate of drug-likeness (QED) is 0.751. The monoisotopic (exact) mass is 372 g/mol. The van der Waals surface area contributed by atoms with Gasteiger partial charge in [0.2, 0.25) is 0 Å². The van der Waals surface area contributed by atoms with Gasteiger partial charge >= 0.3 is 0 Å². The molecule has 2 aromatic rings. The number of hydrogen-bond donors (Lipinski definition) is 1. The Morgan fingerprint density at radius 3 is 2.07 bits per heavy atom. The summed E-state index contributed by atoms with van der Waals surface area (Å²) in [4.78, 5) is 15.5. The lowest BCUT2D eigenvalue weighted by molar-refractivity contribution is 0.102. The van der Waals surface area contributed by atoms with Gasteiger partial charge in [-0.15, -0.1) is 0 Å². The highest BCUT2D eigenvalue weighted by Gasteiger charge is 2.44. The normalized spacial score (nSPS) is 29.8. The molecule has 0 aromatic heterocycles. The fraction of sp³-hybridized carbons (Fsp3) is 0.480. The summed E-state index contributed by atoms with van der Waals surface area (Å²) in [6.07, 6.45) is 8.07. The van der Waals surface area contributed by atoms with Gasteiger partial charge < -0.3 is 10.2 Å². The molecule has 2 aliphatic carbocycles. The fourth-order valence-corrected chi connectivity index (χ4v) is 6.63. The summed E-state index contributed by atoms with van der Waals surface area (Å²) in [5.74, 6) is 2.99. The maximum Gasteiger partial charge on any atom is 0.255 e. The number of anilines is 2. The van der Waals surface area contributed by atoms with Gasteiger partial charge in [0.25, 0.3) is 5.91 Å². The maximum atomic E-state index is 12.8. The van der Waals surface area contributed by atoms with Crippen LogP contribution in [0.15, 0.2) is 42.5 Å². The topological polar surface area (TPSA) is 32.3 Å². The minimum Gasteiger partial charge on any atom is -0.370 e. The lowest BCUT2D eigenvalue weighted by atomic mass is 9.75. The Morgan fingerprint density at radius 1 is 0.857 bits per heavy atom. The first-order valence-corrected chi connectivity index (χ1v) is 11.1. The minimum absolute atomic E-state index is 0.00201. The number of carbonyl (C=O) groups is 1. The van der Waals surface area contributed by atoms with Crippen LogP contribution in [-0.2, 0) is 0 Å². The zero-order valence-corrected chi connectivity index (χ0v) is 16.4. The molecule has 2 saturated carbocycles. The number of rotatable bonds is 2. The van der Waals surface area contributed by atoms with E-state index < -0.39 is 0 Å². The minimum atomic E-state index is 0.00201. The van der Waals surface area contributed by atoms with Crippen LogP contribution in [0.5, 0.6) is 0 Å². The van der Waals surface area contributed by atoms with Gasteiger partial charge in [-0.3, -0.25) is 4.79 Å². The van der Waals surface area contributed by atoms with Crippen LogP contribution in [0.2, 0.25) is 0 Å². The Hall–Kier alpha value is -2.29. The number of hydrogen-bond acceptors (Lipinski definition) is 2. The molecular formula is C25H28N2O. The van der Waals surface area contributed by atoms with Crippen LogP contribution in [0, 0.1) is 11.8 Å². The smallest absolute Gasteiger partial charge is 0.255 e. The van der Waals surface area contributed by atoms with E-state index in [1.807, 2.05) is 30.3 Å². The fourth-order valence-electron chi connectivity index (χ4n) is 6.63. The zero-order valence-electron chi connectivity index (χ0n) is 16.4. The van der Waals surface area contributed by atoms with Crippen LogP contribution < -0.4 is 10.2 Å². The number of nitrogens with one attached hydrogen (secondary N) is 1. The van der Waals surface area contributed by atoms with Gasteiger partial charge in [0.15, 0.2) is 0 Å². The molecule has 0 bridgehead atoms. The van der Waals surface area contributed by atoms with Crippen molar-refractivity contribution in [3.05, 3.63) is 59.2 Å². The van der Waals surface area contributed by atoms with Gasteiger partial charge in [-0.05, 0) is 84.7 Å². The summed E-state index contributed by atoms with van der Waals surface area (Å²) in [5, 5.41) is 3.22. The Balaban J connectivity index is 1.43. The van der Waals surface area contributed by atoms with Gasteiger partial charge in [0.1, 0.15) is 0 Å². The van der Waals surface area contributed by atoms with Gasteiger partial charge in [0.05, 0.1) is 0 Å². The molecule has 3 heteroatoms. The maximum absolute atomic E-state index is 12.8. The van der Waals surface area contributed by atoms with Crippen molar-refractivity contribution >= 4 is 17.3 Å². The molecule has 0 unspecified atom stereocenters. The van der Waals surface area contributed by atoms with Crippen molar-refractivity contribution in [2.75, 3.05) is 23.3 Å². The van der Waals surface area contributed by atoms with Crippen molar-refractivity contribution in [1.82, 2.24) is 0 Å². The zero-order chi connectivity index (χ0) is 18.7. The Kier molecular flexibility index (Phi) is 3.78. The van der Waals surface area contributed by atoms with E-state index in [9.17, 15) is 4.79 Å². The molecule has 4 aliphatic rings. The largest absolute Gasteiger partial charge is 0.370 e. The molecule has 1 amide bonds. The van der Waals surface area contributed by atoms with Crippen molar-refractivity contribution in [3.8, 4) is 0 Å². The van der Waals surface area contributed by atoms with Gasteiger partial charge in [-0.2, -0.15) is 0 Å². The van der Waals surface area contributed by atoms with E-state index in [1.165, 1.54) is 62.7 Å². The molecule has 0 spiro atoms. The molecule has 2 aromatic carbocycles. The van der Waals surface area contributed by atoms with E-state index >= 15 is 0 Å². The summed E-state index contributed by atoms with van der Waals surface area (Å²) in [5.41, 5.74) is 6.33. The first kappa shape index (κ1) is 16.6. The second-order valence-corrected chi connectivity index (χ2v) is 9.32. The van der Waals surface area contributed by atoms with Crippen molar-refractivity contribution in [1.29, 1.82) is 0 Å². The van der Waals surface area contributed by atoms with Gasteiger partial charge in [-0.1, -0.05) is 31.0 Å². The van der Waals surface area contributed by atoms with Crippen molar-refractivity contribution in [2.45, 2.75) is 50.4 Å². The molecule has 2 fully saturated rings. The number of fused-ring (bicyclic) bond motifs is 4. The van der Waals surface area contributed by atoms with Crippen LogP contribution in [0.4, 0.5) is 11.4 Å². The molecule has 2 aliphatic heterocycles. The Labute approximate surface area is 167 Å². The van der Waals surface area contributed by atoms with Gasteiger partial charge in [0, 0.05) is 30.0 Å².